The molecule has 4 nitrogen and oxygen atoms in total. The average molecular weight is 298 g/mol. The molecule has 0 amide bonds. The molecule has 2 atom stereocenters. The number of rotatable bonds is 9. The van der Waals surface area contributed by atoms with Gasteiger partial charge in [-0.2, -0.15) is 0 Å². The Morgan fingerprint density at radius 1 is 1.24 bits per heavy atom. The van der Waals surface area contributed by atoms with Gasteiger partial charge in [0, 0.05) is 13.1 Å². The highest BCUT2D eigenvalue weighted by molar-refractivity contribution is 5.78. The van der Waals surface area contributed by atoms with Gasteiger partial charge in [0.05, 0.1) is 0 Å². The Labute approximate surface area is 130 Å². The first kappa shape index (κ1) is 18.4. The minimum Gasteiger partial charge on any atom is -0.480 e. The highest BCUT2D eigenvalue weighted by atomic mass is 16.4. The van der Waals surface area contributed by atoms with Gasteiger partial charge in [0.1, 0.15) is 5.54 Å². The monoisotopic (exact) mass is 298 g/mol. The zero-order chi connectivity index (χ0) is 15.7. The summed E-state index contributed by atoms with van der Waals surface area (Å²) in [5.74, 6) is 0.0694. The average Bonchev–Trinajstić information content (AvgIpc) is 2.68. The lowest BCUT2D eigenvalue weighted by Gasteiger charge is -2.31. The molecule has 2 unspecified atom stereocenters. The third kappa shape index (κ3) is 5.59. The number of aliphatic carboxylic acids is 1. The van der Waals surface area contributed by atoms with Crippen molar-refractivity contribution in [1.82, 2.24) is 10.2 Å². The first-order valence-electron chi connectivity index (χ1n) is 8.78. The lowest BCUT2D eigenvalue weighted by atomic mass is 9.89. The zero-order valence-electron chi connectivity index (χ0n) is 14.2. The first-order valence-corrected chi connectivity index (χ1v) is 8.78. The van der Waals surface area contributed by atoms with Gasteiger partial charge >= 0.3 is 5.97 Å². The van der Waals surface area contributed by atoms with Gasteiger partial charge in [-0.25, -0.2) is 0 Å². The SMILES string of the molecule is CCCC1CCCC(NCCN(CC)CC)(C(=O)O)CC1. The molecule has 0 saturated heterocycles. The highest BCUT2D eigenvalue weighted by Crippen LogP contribution is 2.32. The Balaban J connectivity index is 2.56. The van der Waals surface area contributed by atoms with Crippen LogP contribution in [0.2, 0.25) is 0 Å². The molecule has 1 fully saturated rings. The molecule has 4 heteroatoms. The molecule has 1 saturated carbocycles. The van der Waals surface area contributed by atoms with Crippen LogP contribution in [0.15, 0.2) is 0 Å². The van der Waals surface area contributed by atoms with Gasteiger partial charge in [0.15, 0.2) is 0 Å². The Morgan fingerprint density at radius 2 is 1.95 bits per heavy atom. The van der Waals surface area contributed by atoms with Crippen molar-refractivity contribution in [3.63, 3.8) is 0 Å². The largest absolute Gasteiger partial charge is 0.480 e. The van der Waals surface area contributed by atoms with Crippen molar-refractivity contribution >= 4 is 5.97 Å². The molecule has 0 heterocycles. The van der Waals surface area contributed by atoms with E-state index in [1.165, 1.54) is 19.3 Å². The first-order chi connectivity index (χ1) is 10.1. The van der Waals surface area contributed by atoms with Crippen LogP contribution in [-0.2, 0) is 4.79 Å². The van der Waals surface area contributed by atoms with E-state index < -0.39 is 11.5 Å². The molecule has 2 N–H and O–H groups in total. The summed E-state index contributed by atoms with van der Waals surface area (Å²) in [6.07, 6.45) is 7.30. The maximum absolute atomic E-state index is 11.8. The summed E-state index contributed by atoms with van der Waals surface area (Å²) in [5, 5.41) is 13.1. The van der Waals surface area contributed by atoms with E-state index in [-0.39, 0.29) is 0 Å². The second-order valence-corrected chi connectivity index (χ2v) is 6.43. The van der Waals surface area contributed by atoms with E-state index >= 15 is 0 Å². The van der Waals surface area contributed by atoms with Crippen LogP contribution in [0.4, 0.5) is 0 Å². The van der Waals surface area contributed by atoms with E-state index in [0.29, 0.717) is 0 Å². The number of hydrogen-bond acceptors (Lipinski definition) is 3. The third-order valence-corrected chi connectivity index (χ3v) is 5.09. The molecule has 0 aliphatic heterocycles. The van der Waals surface area contributed by atoms with Crippen LogP contribution in [-0.4, -0.2) is 47.7 Å². The van der Waals surface area contributed by atoms with Crippen LogP contribution in [0, 0.1) is 5.92 Å². The van der Waals surface area contributed by atoms with Crippen molar-refractivity contribution in [2.24, 2.45) is 5.92 Å². The maximum atomic E-state index is 11.8. The van der Waals surface area contributed by atoms with E-state index in [1.54, 1.807) is 0 Å². The fourth-order valence-corrected chi connectivity index (χ4v) is 3.57. The van der Waals surface area contributed by atoms with Crippen molar-refractivity contribution in [1.29, 1.82) is 0 Å². The van der Waals surface area contributed by atoms with Crippen LogP contribution in [0.25, 0.3) is 0 Å². The van der Waals surface area contributed by atoms with Crippen LogP contribution < -0.4 is 5.32 Å². The lowest BCUT2D eigenvalue weighted by Crippen LogP contribution is -2.53. The number of carboxylic acids is 1. The van der Waals surface area contributed by atoms with Crippen LogP contribution >= 0.6 is 0 Å². The molecule has 21 heavy (non-hydrogen) atoms. The van der Waals surface area contributed by atoms with E-state index in [2.05, 4.69) is 31.0 Å². The Kier molecular flexibility index (Phi) is 8.27. The van der Waals surface area contributed by atoms with Crippen molar-refractivity contribution in [3.8, 4) is 0 Å². The Hall–Kier alpha value is -0.610. The predicted octanol–water partition coefficient (Wildman–Crippen LogP) is 3.12. The summed E-state index contributed by atoms with van der Waals surface area (Å²) in [6, 6.07) is 0. The molecule has 124 valence electrons. The number of likely N-dealkylation sites (N-methyl/N-ethyl adjacent to an activating group) is 1. The van der Waals surface area contributed by atoms with Gasteiger partial charge in [-0.15, -0.1) is 0 Å². The Morgan fingerprint density at radius 3 is 2.52 bits per heavy atom. The minimum atomic E-state index is -0.685. The maximum Gasteiger partial charge on any atom is 0.323 e. The fraction of sp³-hybridized carbons (Fsp3) is 0.941. The number of carboxylic acid groups (broad SMARTS) is 1. The Bertz CT molecular complexity index is 305. The van der Waals surface area contributed by atoms with Crippen LogP contribution in [0.3, 0.4) is 0 Å². The molecule has 0 spiro atoms. The highest BCUT2D eigenvalue weighted by Gasteiger charge is 2.39. The molecule has 1 aliphatic carbocycles. The molecule has 1 rings (SSSR count). The molecular weight excluding hydrogens is 264 g/mol. The van der Waals surface area contributed by atoms with Gasteiger partial charge in [-0.05, 0) is 38.3 Å². The summed E-state index contributed by atoms with van der Waals surface area (Å²) in [7, 11) is 0. The van der Waals surface area contributed by atoms with Gasteiger partial charge in [-0.1, -0.05) is 46.5 Å². The molecular formula is C17H34N2O2. The quantitative estimate of drug-likeness (QED) is 0.642. The van der Waals surface area contributed by atoms with E-state index in [9.17, 15) is 9.90 Å². The zero-order valence-corrected chi connectivity index (χ0v) is 14.2. The summed E-state index contributed by atoms with van der Waals surface area (Å²) < 4.78 is 0. The van der Waals surface area contributed by atoms with Crippen LogP contribution in [0.5, 0.6) is 0 Å². The summed E-state index contributed by atoms with van der Waals surface area (Å²) in [6.45, 7) is 10.3. The predicted molar refractivity (Wildman–Crippen MR) is 87.6 cm³/mol. The minimum absolute atomic E-state index is 0.654. The second-order valence-electron chi connectivity index (χ2n) is 6.43. The van der Waals surface area contributed by atoms with Crippen molar-refractivity contribution in [2.45, 2.75) is 71.3 Å². The lowest BCUT2D eigenvalue weighted by molar-refractivity contribution is -0.145. The van der Waals surface area contributed by atoms with E-state index in [4.69, 9.17) is 0 Å². The number of carbonyl (C=O) groups is 1. The van der Waals surface area contributed by atoms with Gasteiger partial charge in [-0.3, -0.25) is 4.79 Å². The number of nitrogens with one attached hydrogen (secondary N) is 1. The molecule has 0 radical (unpaired) electrons. The fourth-order valence-electron chi connectivity index (χ4n) is 3.57. The molecule has 0 bridgehead atoms. The van der Waals surface area contributed by atoms with Gasteiger partial charge in [0.2, 0.25) is 0 Å². The summed E-state index contributed by atoms with van der Waals surface area (Å²) >= 11 is 0. The van der Waals surface area contributed by atoms with E-state index in [0.717, 1.165) is 57.8 Å². The van der Waals surface area contributed by atoms with Crippen LogP contribution in [0.1, 0.15) is 65.7 Å². The molecule has 0 aromatic rings. The van der Waals surface area contributed by atoms with Crippen molar-refractivity contribution in [3.05, 3.63) is 0 Å². The second kappa shape index (κ2) is 9.42. The number of nitrogens with zero attached hydrogens (tertiary/aromatic N) is 1. The van der Waals surface area contributed by atoms with E-state index in [1.807, 2.05) is 0 Å². The normalized spacial score (nSPS) is 26.8. The number of hydrogen-bond donors (Lipinski definition) is 2. The smallest absolute Gasteiger partial charge is 0.323 e. The summed E-state index contributed by atoms with van der Waals surface area (Å²) in [4.78, 5) is 14.2. The van der Waals surface area contributed by atoms with Crippen molar-refractivity contribution < 1.29 is 9.90 Å². The van der Waals surface area contributed by atoms with Gasteiger partial charge < -0.3 is 15.3 Å². The van der Waals surface area contributed by atoms with Gasteiger partial charge in [0.25, 0.3) is 0 Å². The standard InChI is InChI=1S/C17H34N2O2/c1-4-8-15-9-7-11-17(12-10-15,16(20)21)18-13-14-19(5-2)6-3/h15,18H,4-14H2,1-3H3,(H,20,21). The molecule has 0 aromatic carbocycles. The summed E-state index contributed by atoms with van der Waals surface area (Å²) in [5.41, 5.74) is -0.685. The molecule has 0 aromatic heterocycles. The topological polar surface area (TPSA) is 52.6 Å². The molecule has 1 aliphatic rings. The third-order valence-electron chi connectivity index (χ3n) is 5.09. The van der Waals surface area contributed by atoms with Crippen molar-refractivity contribution in [2.75, 3.05) is 26.2 Å².